The van der Waals surface area contributed by atoms with Crippen LogP contribution in [0, 0.1) is 0 Å². The summed E-state index contributed by atoms with van der Waals surface area (Å²) < 4.78 is 0. The predicted octanol–water partition coefficient (Wildman–Crippen LogP) is 2.09. The van der Waals surface area contributed by atoms with Crippen LogP contribution < -0.4 is 10.6 Å². The second kappa shape index (κ2) is 7.99. The molecule has 2 saturated heterocycles. The number of amides is 2. The van der Waals surface area contributed by atoms with Crippen molar-refractivity contribution in [2.24, 2.45) is 0 Å². The van der Waals surface area contributed by atoms with Gasteiger partial charge in [-0.1, -0.05) is 23.7 Å². The fourth-order valence-corrected chi connectivity index (χ4v) is 3.59. The quantitative estimate of drug-likeness (QED) is 0.875. The zero-order valence-corrected chi connectivity index (χ0v) is 14.5. The Morgan fingerprint density at radius 3 is 2.79 bits per heavy atom. The third-order valence-electron chi connectivity index (χ3n) is 4.72. The van der Waals surface area contributed by atoms with Gasteiger partial charge in [0.25, 0.3) is 0 Å². The standard InChI is InChI=1S/C18H24ClN3O2/c19-14-8-6-13(7-9-14)11-22-10-2-3-15(12-22)20-18(24)16-4-1-5-17(23)21-16/h6-9,15-16H,1-5,10-12H2,(H,20,24)(H,21,23)/t15-,16-/m1/s1. The monoisotopic (exact) mass is 349 g/mol. The number of nitrogens with one attached hydrogen (secondary N) is 2. The van der Waals surface area contributed by atoms with E-state index < -0.39 is 0 Å². The molecule has 2 fully saturated rings. The van der Waals surface area contributed by atoms with Crippen LogP contribution in [-0.2, 0) is 16.1 Å². The maximum absolute atomic E-state index is 12.4. The minimum Gasteiger partial charge on any atom is -0.350 e. The van der Waals surface area contributed by atoms with E-state index in [0.717, 1.165) is 50.3 Å². The molecular weight excluding hydrogens is 326 g/mol. The van der Waals surface area contributed by atoms with Crippen molar-refractivity contribution >= 4 is 23.4 Å². The largest absolute Gasteiger partial charge is 0.350 e. The van der Waals surface area contributed by atoms with E-state index in [-0.39, 0.29) is 23.9 Å². The average molecular weight is 350 g/mol. The van der Waals surface area contributed by atoms with Crippen LogP contribution in [0.2, 0.25) is 5.02 Å². The third-order valence-corrected chi connectivity index (χ3v) is 4.97. The highest BCUT2D eigenvalue weighted by atomic mass is 35.5. The Morgan fingerprint density at radius 2 is 2.04 bits per heavy atom. The van der Waals surface area contributed by atoms with Crippen LogP contribution in [0.25, 0.3) is 0 Å². The van der Waals surface area contributed by atoms with Gasteiger partial charge in [0.05, 0.1) is 0 Å². The molecule has 0 unspecified atom stereocenters. The molecule has 5 nitrogen and oxygen atoms in total. The molecule has 2 aliphatic rings. The summed E-state index contributed by atoms with van der Waals surface area (Å²) in [5, 5.41) is 6.65. The molecule has 0 spiro atoms. The summed E-state index contributed by atoms with van der Waals surface area (Å²) in [6, 6.07) is 7.69. The number of carbonyl (C=O) groups is 2. The Morgan fingerprint density at radius 1 is 1.25 bits per heavy atom. The molecule has 2 aliphatic heterocycles. The van der Waals surface area contributed by atoms with Crippen LogP contribution in [-0.4, -0.2) is 41.9 Å². The van der Waals surface area contributed by atoms with Gasteiger partial charge >= 0.3 is 0 Å². The molecule has 2 amide bonds. The zero-order valence-electron chi connectivity index (χ0n) is 13.8. The highest BCUT2D eigenvalue weighted by Crippen LogP contribution is 2.16. The molecule has 0 saturated carbocycles. The first-order chi connectivity index (χ1) is 11.6. The van der Waals surface area contributed by atoms with E-state index in [1.807, 2.05) is 24.3 Å². The Balaban J connectivity index is 1.50. The molecule has 1 aromatic rings. The summed E-state index contributed by atoms with van der Waals surface area (Å²) in [6.07, 6.45) is 4.11. The molecule has 0 aliphatic carbocycles. The first-order valence-electron chi connectivity index (χ1n) is 8.67. The number of rotatable bonds is 4. The van der Waals surface area contributed by atoms with Crippen molar-refractivity contribution in [3.63, 3.8) is 0 Å². The van der Waals surface area contributed by atoms with Crippen molar-refractivity contribution in [1.82, 2.24) is 15.5 Å². The first-order valence-corrected chi connectivity index (χ1v) is 9.04. The number of carbonyl (C=O) groups excluding carboxylic acids is 2. The maximum atomic E-state index is 12.4. The molecule has 0 aromatic heterocycles. The molecule has 130 valence electrons. The van der Waals surface area contributed by atoms with E-state index in [1.54, 1.807) is 0 Å². The number of nitrogens with zero attached hydrogens (tertiary/aromatic N) is 1. The average Bonchev–Trinajstić information content (AvgIpc) is 2.57. The number of likely N-dealkylation sites (tertiary alicyclic amines) is 1. The lowest BCUT2D eigenvalue weighted by Crippen LogP contribution is -2.54. The lowest BCUT2D eigenvalue weighted by atomic mass is 10.0. The molecule has 6 heteroatoms. The van der Waals surface area contributed by atoms with Gasteiger partial charge in [0, 0.05) is 30.6 Å². The van der Waals surface area contributed by atoms with Crippen molar-refractivity contribution in [3.8, 4) is 0 Å². The van der Waals surface area contributed by atoms with E-state index in [2.05, 4.69) is 15.5 Å². The molecule has 2 atom stereocenters. The highest BCUT2D eigenvalue weighted by molar-refractivity contribution is 6.30. The number of hydrogen-bond donors (Lipinski definition) is 2. The van der Waals surface area contributed by atoms with Gasteiger partial charge in [-0.25, -0.2) is 0 Å². The highest BCUT2D eigenvalue weighted by Gasteiger charge is 2.28. The van der Waals surface area contributed by atoms with Crippen LogP contribution in [0.15, 0.2) is 24.3 Å². The number of benzene rings is 1. The van der Waals surface area contributed by atoms with E-state index >= 15 is 0 Å². The second-order valence-corrected chi connectivity index (χ2v) is 7.16. The van der Waals surface area contributed by atoms with Crippen molar-refractivity contribution in [2.45, 2.75) is 50.7 Å². The molecule has 3 rings (SSSR count). The molecule has 0 radical (unpaired) electrons. The Hall–Kier alpha value is -1.59. The summed E-state index contributed by atoms with van der Waals surface area (Å²) in [4.78, 5) is 26.2. The van der Waals surface area contributed by atoms with Crippen molar-refractivity contribution in [2.75, 3.05) is 13.1 Å². The van der Waals surface area contributed by atoms with E-state index in [1.165, 1.54) is 5.56 Å². The summed E-state index contributed by atoms with van der Waals surface area (Å²) in [7, 11) is 0. The SMILES string of the molecule is O=C1CCC[C@H](C(=O)N[C@@H]2CCCN(Cc3ccc(Cl)cc3)C2)N1. The van der Waals surface area contributed by atoms with Gasteiger partial charge in [-0.15, -0.1) is 0 Å². The van der Waals surface area contributed by atoms with Crippen molar-refractivity contribution in [1.29, 1.82) is 0 Å². The first kappa shape index (κ1) is 17.2. The second-order valence-electron chi connectivity index (χ2n) is 6.72. The molecule has 0 bridgehead atoms. The molecule has 2 heterocycles. The van der Waals surface area contributed by atoms with Gasteiger partial charge in [0.2, 0.25) is 11.8 Å². The molecule has 2 N–H and O–H groups in total. The summed E-state index contributed by atoms with van der Waals surface area (Å²) in [5.41, 5.74) is 1.23. The smallest absolute Gasteiger partial charge is 0.242 e. The lowest BCUT2D eigenvalue weighted by molar-refractivity contribution is -0.131. The van der Waals surface area contributed by atoms with Crippen LogP contribution in [0.5, 0.6) is 0 Å². The van der Waals surface area contributed by atoms with Gasteiger partial charge in [-0.3, -0.25) is 14.5 Å². The molecule has 24 heavy (non-hydrogen) atoms. The van der Waals surface area contributed by atoms with Gasteiger partial charge in [-0.05, 0) is 49.9 Å². The molecule has 1 aromatic carbocycles. The number of halogens is 1. The van der Waals surface area contributed by atoms with E-state index in [0.29, 0.717) is 6.42 Å². The van der Waals surface area contributed by atoms with E-state index in [4.69, 9.17) is 11.6 Å². The Kier molecular flexibility index (Phi) is 5.74. The summed E-state index contributed by atoms with van der Waals surface area (Å²) in [6.45, 7) is 2.74. The summed E-state index contributed by atoms with van der Waals surface area (Å²) >= 11 is 5.93. The number of piperidine rings is 2. The van der Waals surface area contributed by atoms with Crippen molar-refractivity contribution in [3.05, 3.63) is 34.9 Å². The minimum absolute atomic E-state index is 0.0191. The van der Waals surface area contributed by atoms with Crippen LogP contribution in [0.4, 0.5) is 0 Å². The van der Waals surface area contributed by atoms with E-state index in [9.17, 15) is 9.59 Å². The normalized spacial score (nSPS) is 25.1. The van der Waals surface area contributed by atoms with Gasteiger partial charge in [0.1, 0.15) is 6.04 Å². The van der Waals surface area contributed by atoms with Crippen molar-refractivity contribution < 1.29 is 9.59 Å². The Bertz CT molecular complexity index is 590. The minimum atomic E-state index is -0.363. The fraction of sp³-hybridized carbons (Fsp3) is 0.556. The fourth-order valence-electron chi connectivity index (χ4n) is 3.47. The predicted molar refractivity (Wildman–Crippen MR) is 93.7 cm³/mol. The van der Waals surface area contributed by atoms with Crippen LogP contribution >= 0.6 is 11.6 Å². The van der Waals surface area contributed by atoms with Gasteiger partial charge in [0.15, 0.2) is 0 Å². The van der Waals surface area contributed by atoms with Crippen LogP contribution in [0.1, 0.15) is 37.7 Å². The zero-order chi connectivity index (χ0) is 16.9. The maximum Gasteiger partial charge on any atom is 0.242 e. The molecular formula is C18H24ClN3O2. The topological polar surface area (TPSA) is 61.4 Å². The van der Waals surface area contributed by atoms with Crippen LogP contribution in [0.3, 0.4) is 0 Å². The third kappa shape index (κ3) is 4.71. The Labute approximate surface area is 147 Å². The summed E-state index contributed by atoms with van der Waals surface area (Å²) in [5.74, 6) is -0.0594. The van der Waals surface area contributed by atoms with Gasteiger partial charge in [-0.2, -0.15) is 0 Å². The lowest BCUT2D eigenvalue weighted by Gasteiger charge is -2.34. The van der Waals surface area contributed by atoms with Gasteiger partial charge < -0.3 is 10.6 Å². The number of hydrogen-bond acceptors (Lipinski definition) is 3.